The van der Waals surface area contributed by atoms with Crippen LogP contribution < -0.4 is 10.6 Å². The van der Waals surface area contributed by atoms with Gasteiger partial charge in [0.1, 0.15) is 5.82 Å². The number of carbonyl (C=O) groups excluding carboxylic acids is 2. The molecule has 0 aliphatic carbocycles. The summed E-state index contributed by atoms with van der Waals surface area (Å²) in [6.07, 6.45) is 3.32. The van der Waals surface area contributed by atoms with E-state index in [9.17, 15) is 14.0 Å². The molecule has 0 unspecified atom stereocenters. The molecule has 1 aromatic heterocycles. The SMILES string of the molecule is CC(=O)c1cccc(NC(=O)c2cnn(-c3ccc(F)cc3)c2C2CCNCC2)c1. The lowest BCUT2D eigenvalue weighted by molar-refractivity contribution is 0.101. The average molecular weight is 406 g/mol. The molecular weight excluding hydrogens is 383 g/mol. The van der Waals surface area contributed by atoms with Gasteiger partial charge in [-0.15, -0.1) is 0 Å². The monoisotopic (exact) mass is 406 g/mol. The van der Waals surface area contributed by atoms with Gasteiger partial charge in [0.2, 0.25) is 0 Å². The standard InChI is InChI=1S/C23H23FN4O2/c1-15(29)17-3-2-4-19(13-17)27-23(30)21-14-26-28(20-7-5-18(24)6-8-20)22(21)16-9-11-25-12-10-16/h2-8,13-14,16,25H,9-12H2,1H3,(H,27,30). The highest BCUT2D eigenvalue weighted by atomic mass is 19.1. The quantitative estimate of drug-likeness (QED) is 0.630. The van der Waals surface area contributed by atoms with E-state index in [1.807, 2.05) is 0 Å². The van der Waals surface area contributed by atoms with Gasteiger partial charge in [-0.05, 0) is 69.3 Å². The first-order valence-corrected chi connectivity index (χ1v) is 10.00. The van der Waals surface area contributed by atoms with Gasteiger partial charge >= 0.3 is 0 Å². The molecule has 1 aliphatic heterocycles. The van der Waals surface area contributed by atoms with Crippen molar-refractivity contribution in [2.45, 2.75) is 25.7 Å². The van der Waals surface area contributed by atoms with Gasteiger partial charge in [-0.3, -0.25) is 9.59 Å². The third-order valence-electron chi connectivity index (χ3n) is 5.38. The van der Waals surface area contributed by atoms with Crippen LogP contribution in [0, 0.1) is 5.82 Å². The fourth-order valence-corrected chi connectivity index (χ4v) is 3.82. The van der Waals surface area contributed by atoms with Crippen LogP contribution in [0.15, 0.2) is 54.7 Å². The summed E-state index contributed by atoms with van der Waals surface area (Å²) >= 11 is 0. The zero-order valence-electron chi connectivity index (χ0n) is 16.7. The molecule has 7 heteroatoms. The number of nitrogens with zero attached hydrogens (tertiary/aromatic N) is 2. The van der Waals surface area contributed by atoms with E-state index in [0.717, 1.165) is 31.6 Å². The third kappa shape index (κ3) is 4.16. The van der Waals surface area contributed by atoms with Crippen molar-refractivity contribution in [3.63, 3.8) is 0 Å². The van der Waals surface area contributed by atoms with E-state index in [4.69, 9.17) is 0 Å². The zero-order chi connectivity index (χ0) is 21.1. The number of Topliss-reactive ketones (excluding diaryl/α,β-unsaturated/α-hetero) is 1. The van der Waals surface area contributed by atoms with Crippen molar-refractivity contribution in [1.82, 2.24) is 15.1 Å². The van der Waals surface area contributed by atoms with E-state index in [2.05, 4.69) is 15.7 Å². The van der Waals surface area contributed by atoms with Crippen molar-refractivity contribution >= 4 is 17.4 Å². The Balaban J connectivity index is 1.70. The average Bonchev–Trinajstić information content (AvgIpc) is 3.20. The molecule has 2 aromatic carbocycles. The Morgan fingerprint density at radius 1 is 1.13 bits per heavy atom. The van der Waals surface area contributed by atoms with Crippen LogP contribution in [-0.4, -0.2) is 34.6 Å². The maximum Gasteiger partial charge on any atom is 0.259 e. The lowest BCUT2D eigenvalue weighted by Gasteiger charge is -2.24. The maximum absolute atomic E-state index is 13.4. The number of carbonyl (C=O) groups is 2. The van der Waals surface area contributed by atoms with Gasteiger partial charge in [-0.1, -0.05) is 12.1 Å². The van der Waals surface area contributed by atoms with E-state index < -0.39 is 0 Å². The Morgan fingerprint density at radius 2 is 1.87 bits per heavy atom. The Bertz CT molecular complexity index is 1070. The summed E-state index contributed by atoms with van der Waals surface area (Å²) in [5.74, 6) is -0.510. The van der Waals surface area contributed by atoms with Crippen LogP contribution in [0.5, 0.6) is 0 Å². The van der Waals surface area contributed by atoms with Gasteiger partial charge in [-0.2, -0.15) is 5.10 Å². The number of benzene rings is 2. The van der Waals surface area contributed by atoms with Crippen molar-refractivity contribution in [3.8, 4) is 5.69 Å². The first-order chi connectivity index (χ1) is 14.5. The summed E-state index contributed by atoms with van der Waals surface area (Å²) in [4.78, 5) is 24.8. The van der Waals surface area contributed by atoms with Gasteiger partial charge in [-0.25, -0.2) is 9.07 Å². The smallest absolute Gasteiger partial charge is 0.259 e. The zero-order valence-corrected chi connectivity index (χ0v) is 16.7. The van der Waals surface area contributed by atoms with E-state index in [1.54, 1.807) is 47.3 Å². The molecule has 0 saturated carbocycles. The molecule has 1 fully saturated rings. The third-order valence-corrected chi connectivity index (χ3v) is 5.38. The molecule has 1 amide bonds. The number of halogens is 1. The number of piperidine rings is 1. The first kappa shape index (κ1) is 20.0. The number of amides is 1. The highest BCUT2D eigenvalue weighted by molar-refractivity contribution is 6.06. The summed E-state index contributed by atoms with van der Waals surface area (Å²) in [5.41, 5.74) is 3.11. The van der Waals surface area contributed by atoms with Crippen molar-refractivity contribution in [2.24, 2.45) is 0 Å². The second kappa shape index (κ2) is 8.59. The summed E-state index contributed by atoms with van der Waals surface area (Å²) in [5, 5.41) is 10.7. The molecule has 0 bridgehead atoms. The Morgan fingerprint density at radius 3 is 2.57 bits per heavy atom. The first-order valence-electron chi connectivity index (χ1n) is 10.00. The van der Waals surface area contributed by atoms with Gasteiger partial charge in [0, 0.05) is 17.2 Å². The van der Waals surface area contributed by atoms with Crippen LogP contribution in [0.1, 0.15) is 52.1 Å². The summed E-state index contributed by atoms with van der Waals surface area (Å²) in [7, 11) is 0. The van der Waals surface area contributed by atoms with Crippen LogP contribution >= 0.6 is 0 Å². The number of anilines is 1. The van der Waals surface area contributed by atoms with Gasteiger partial charge in [0.15, 0.2) is 5.78 Å². The Hall–Kier alpha value is -3.32. The highest BCUT2D eigenvalue weighted by Gasteiger charge is 2.27. The van der Waals surface area contributed by atoms with Crippen molar-refractivity contribution < 1.29 is 14.0 Å². The lowest BCUT2D eigenvalue weighted by Crippen LogP contribution is -2.29. The second-order valence-corrected chi connectivity index (χ2v) is 7.45. The minimum absolute atomic E-state index is 0.0642. The van der Waals surface area contributed by atoms with Crippen LogP contribution in [0.3, 0.4) is 0 Å². The van der Waals surface area contributed by atoms with E-state index in [0.29, 0.717) is 22.5 Å². The molecule has 1 saturated heterocycles. The molecule has 0 radical (unpaired) electrons. The fourth-order valence-electron chi connectivity index (χ4n) is 3.82. The number of rotatable bonds is 5. The van der Waals surface area contributed by atoms with Crippen molar-refractivity contribution in [2.75, 3.05) is 18.4 Å². The van der Waals surface area contributed by atoms with E-state index in [-0.39, 0.29) is 23.4 Å². The summed E-state index contributed by atoms with van der Waals surface area (Å²) in [6, 6.07) is 12.9. The number of aromatic nitrogens is 2. The van der Waals surface area contributed by atoms with E-state index in [1.165, 1.54) is 19.1 Å². The fraction of sp³-hybridized carbons (Fsp3) is 0.261. The number of hydrogen-bond acceptors (Lipinski definition) is 4. The molecule has 2 N–H and O–H groups in total. The Kier molecular flexibility index (Phi) is 5.72. The molecule has 3 aromatic rings. The highest BCUT2D eigenvalue weighted by Crippen LogP contribution is 2.30. The minimum atomic E-state index is -0.322. The van der Waals surface area contributed by atoms with Crippen LogP contribution in [0.4, 0.5) is 10.1 Å². The largest absolute Gasteiger partial charge is 0.322 e. The molecule has 30 heavy (non-hydrogen) atoms. The normalized spacial score (nSPS) is 14.5. The van der Waals surface area contributed by atoms with Crippen molar-refractivity contribution in [1.29, 1.82) is 0 Å². The predicted octanol–water partition coefficient (Wildman–Crippen LogP) is 3.93. The van der Waals surface area contributed by atoms with Crippen LogP contribution in [-0.2, 0) is 0 Å². The summed E-state index contributed by atoms with van der Waals surface area (Å²) in [6.45, 7) is 3.21. The van der Waals surface area contributed by atoms with Gasteiger partial charge in [0.25, 0.3) is 5.91 Å². The van der Waals surface area contributed by atoms with Crippen molar-refractivity contribution in [3.05, 3.63) is 77.4 Å². The molecular formula is C23H23FN4O2. The number of hydrogen-bond donors (Lipinski definition) is 2. The molecule has 0 atom stereocenters. The maximum atomic E-state index is 13.4. The van der Waals surface area contributed by atoms with Crippen LogP contribution in [0.25, 0.3) is 5.69 Å². The topological polar surface area (TPSA) is 76.0 Å². The second-order valence-electron chi connectivity index (χ2n) is 7.45. The lowest BCUT2D eigenvalue weighted by atomic mass is 9.91. The van der Waals surface area contributed by atoms with Crippen LogP contribution in [0.2, 0.25) is 0 Å². The molecule has 154 valence electrons. The number of nitrogens with one attached hydrogen (secondary N) is 2. The van der Waals surface area contributed by atoms with E-state index >= 15 is 0 Å². The minimum Gasteiger partial charge on any atom is -0.322 e. The summed E-state index contributed by atoms with van der Waals surface area (Å²) < 4.78 is 15.1. The molecule has 0 spiro atoms. The molecule has 4 rings (SSSR count). The molecule has 1 aliphatic rings. The number of ketones is 1. The molecule has 6 nitrogen and oxygen atoms in total. The van der Waals surface area contributed by atoms with Gasteiger partial charge in [0.05, 0.1) is 23.1 Å². The Labute approximate surface area is 174 Å². The predicted molar refractivity (Wildman–Crippen MR) is 113 cm³/mol. The van der Waals surface area contributed by atoms with Gasteiger partial charge < -0.3 is 10.6 Å². The molecule has 2 heterocycles.